The first-order valence-corrected chi connectivity index (χ1v) is 24.3. The third kappa shape index (κ3) is 11.9. The second-order valence-electron chi connectivity index (χ2n) is 11.3. The van der Waals surface area contributed by atoms with Crippen LogP contribution < -0.4 is 10.1 Å². The molecular weight excluding hydrogens is 919 g/mol. The van der Waals surface area contributed by atoms with E-state index in [1.807, 2.05) is 0 Å². The highest BCUT2D eigenvalue weighted by Crippen LogP contribution is 2.47. The molecular formula is C28H29N5O20S6. The third-order valence-corrected chi connectivity index (χ3v) is 13.6. The molecule has 0 aliphatic heterocycles. The van der Waals surface area contributed by atoms with E-state index in [0.29, 0.717) is 12.1 Å². The molecule has 0 radical (unpaired) electrons. The van der Waals surface area contributed by atoms with Crippen LogP contribution >= 0.6 is 0 Å². The highest BCUT2D eigenvalue weighted by molar-refractivity contribution is 7.92. The molecule has 0 bridgehead atoms. The number of rotatable bonds is 18. The Bertz CT molecular complexity index is 3070. The van der Waals surface area contributed by atoms with Crippen LogP contribution in [0.4, 0.5) is 28.4 Å². The summed E-state index contributed by atoms with van der Waals surface area (Å²) in [6.45, 7) is -2.03. The first kappa shape index (κ1) is 46.9. The van der Waals surface area contributed by atoms with Crippen molar-refractivity contribution in [2.45, 2.75) is 19.6 Å². The summed E-state index contributed by atoms with van der Waals surface area (Å²) in [5, 5.41) is 28.6. The molecule has 31 heteroatoms. The molecule has 0 heterocycles. The van der Waals surface area contributed by atoms with Crippen molar-refractivity contribution in [3.63, 3.8) is 0 Å². The Kier molecular flexibility index (Phi) is 13.8. The number of hydrogen-bond acceptors (Lipinski definition) is 21. The number of aromatic hydroxyl groups is 1. The molecule has 25 nitrogen and oxygen atoms in total. The van der Waals surface area contributed by atoms with Crippen molar-refractivity contribution < 1.29 is 86.9 Å². The third-order valence-electron chi connectivity index (χ3n) is 7.51. The molecule has 0 aliphatic rings. The Morgan fingerprint density at radius 1 is 0.576 bits per heavy atom. The summed E-state index contributed by atoms with van der Waals surface area (Å²) < 4.78 is 195. The molecule has 0 saturated heterocycles. The number of hydrogen-bond donors (Lipinski definition) is 6. The van der Waals surface area contributed by atoms with Crippen LogP contribution in [0.5, 0.6) is 11.5 Å². The van der Waals surface area contributed by atoms with E-state index in [1.54, 1.807) is 0 Å². The first-order valence-electron chi connectivity index (χ1n) is 15.4. The Morgan fingerprint density at radius 2 is 1.07 bits per heavy atom. The molecule has 0 saturated carbocycles. The van der Waals surface area contributed by atoms with Crippen molar-refractivity contribution in [1.82, 2.24) is 0 Å². The minimum absolute atomic E-state index is 0.000561. The average molecular weight is 948 g/mol. The molecule has 0 amide bonds. The lowest BCUT2D eigenvalue weighted by Gasteiger charge is -2.13. The summed E-state index contributed by atoms with van der Waals surface area (Å²) in [7, 11) is -26.8. The maximum Gasteiger partial charge on any atom is 0.397 e. The number of nitrogens with zero attached hydrogens (tertiary/aromatic N) is 4. The monoisotopic (exact) mass is 947 g/mol. The zero-order chi connectivity index (χ0) is 44.4. The van der Waals surface area contributed by atoms with Crippen molar-refractivity contribution >= 4 is 99.9 Å². The molecule has 0 atom stereocenters. The fraction of sp³-hybridized carbons (Fsp3) is 0.214. The van der Waals surface area contributed by atoms with E-state index in [1.165, 1.54) is 19.2 Å². The normalized spacial score (nSPS) is 13.4. The van der Waals surface area contributed by atoms with Crippen molar-refractivity contribution in [2.75, 3.05) is 44.2 Å². The SMILES string of the molecule is CNc1ccc2c(O)c(/N=N/c3cc(S(=O)(=O)CCOS(=O)(=O)O)ccc3OC)c(S(=O)(=O)O)cc2c1/N=N/c1cc(S(=O)(=O)CCOS(=O)(=O)O)ccc1S(=O)(=O)O. The number of fused-ring (bicyclic) bond motifs is 1. The lowest BCUT2D eigenvalue weighted by molar-refractivity contribution is 0.282. The van der Waals surface area contributed by atoms with Gasteiger partial charge in [0.2, 0.25) is 0 Å². The van der Waals surface area contributed by atoms with Gasteiger partial charge in [-0.2, -0.15) is 33.7 Å². The highest BCUT2D eigenvalue weighted by atomic mass is 32.3. The number of methoxy groups -OCH3 is 1. The molecule has 6 N–H and O–H groups in total. The van der Waals surface area contributed by atoms with E-state index in [2.05, 4.69) is 34.1 Å². The van der Waals surface area contributed by atoms with Gasteiger partial charge in [0.25, 0.3) is 20.2 Å². The number of sulfone groups is 2. The molecule has 0 aromatic heterocycles. The first-order chi connectivity index (χ1) is 27.1. The number of nitrogens with one attached hydrogen (secondary N) is 1. The minimum Gasteiger partial charge on any atom is -0.505 e. The van der Waals surface area contributed by atoms with Gasteiger partial charge >= 0.3 is 20.8 Å². The lowest BCUT2D eigenvalue weighted by atomic mass is 10.1. The maximum absolute atomic E-state index is 12.9. The van der Waals surface area contributed by atoms with Crippen LogP contribution in [0.1, 0.15) is 0 Å². The molecule has 4 rings (SSSR count). The smallest absolute Gasteiger partial charge is 0.397 e. The van der Waals surface area contributed by atoms with Crippen LogP contribution in [0.2, 0.25) is 0 Å². The lowest BCUT2D eigenvalue weighted by Crippen LogP contribution is -2.15. The molecule has 4 aromatic rings. The topological polar surface area (TPSA) is 395 Å². The Labute approximate surface area is 335 Å². The summed E-state index contributed by atoms with van der Waals surface area (Å²) in [6, 6.07) is 8.18. The standard InChI is InChI=1S/C28H29N5O20S6/c1-29-20-6-5-18-19(26(20)32-31-22-14-17(4-8-24(22)56(39,40)41)55(37,38)12-10-53-59(48,49)50)15-25(57(42,43)44)27(28(18)34)33-30-21-13-16(3-7-23(21)51-2)54(35,36)11-9-52-58(45,46)47/h3-8,13-15,29,34H,9-12H2,1-2H3,(H,39,40,41)(H,42,43,44)(H,45,46,47)(H,48,49,50)/b32-31+,33-30+. The number of phenols is 1. The van der Waals surface area contributed by atoms with Crippen molar-refractivity contribution in [3.05, 3.63) is 54.6 Å². The van der Waals surface area contributed by atoms with Gasteiger partial charge in [-0.25, -0.2) is 25.2 Å². The summed E-state index contributed by atoms with van der Waals surface area (Å²) in [6.07, 6.45) is 0. The Hall–Kier alpha value is -4.80. The second-order valence-corrected chi connectivity index (χ2v) is 20.5. The van der Waals surface area contributed by atoms with Crippen LogP contribution in [0.25, 0.3) is 10.8 Å². The largest absolute Gasteiger partial charge is 0.505 e. The summed E-state index contributed by atoms with van der Waals surface area (Å²) >= 11 is 0. The van der Waals surface area contributed by atoms with Gasteiger partial charge in [0.05, 0.1) is 47.3 Å². The van der Waals surface area contributed by atoms with Gasteiger partial charge in [-0.1, -0.05) is 0 Å². The predicted octanol–water partition coefficient (Wildman–Crippen LogP) is 3.11. The fourth-order valence-electron chi connectivity index (χ4n) is 4.88. The number of benzene rings is 4. The Morgan fingerprint density at radius 3 is 1.56 bits per heavy atom. The summed E-state index contributed by atoms with van der Waals surface area (Å²) in [5.74, 6) is -3.13. The minimum atomic E-state index is -5.35. The second kappa shape index (κ2) is 17.4. The molecule has 322 valence electrons. The zero-order valence-electron chi connectivity index (χ0n) is 29.6. The van der Waals surface area contributed by atoms with Gasteiger partial charge in [0.1, 0.15) is 38.3 Å². The number of phenolic OH excluding ortho intramolecular Hbond substituents is 1. The van der Waals surface area contributed by atoms with Gasteiger partial charge in [-0.15, -0.1) is 20.5 Å². The highest BCUT2D eigenvalue weighted by Gasteiger charge is 2.26. The number of azo groups is 2. The quantitative estimate of drug-likeness (QED) is 0.0616. The summed E-state index contributed by atoms with van der Waals surface area (Å²) in [4.78, 5) is -3.29. The molecule has 0 spiro atoms. The zero-order valence-corrected chi connectivity index (χ0v) is 34.5. The maximum atomic E-state index is 12.9. The average Bonchev–Trinajstić information content (AvgIpc) is 3.10. The van der Waals surface area contributed by atoms with Crippen molar-refractivity contribution in [1.29, 1.82) is 0 Å². The van der Waals surface area contributed by atoms with Crippen LogP contribution in [0.3, 0.4) is 0 Å². The molecule has 0 aliphatic carbocycles. The molecule has 0 unspecified atom stereocenters. The van der Waals surface area contributed by atoms with Crippen LogP contribution in [0, 0.1) is 0 Å². The molecule has 0 fully saturated rings. The fourth-order valence-corrected chi connectivity index (χ4v) is 9.14. The van der Waals surface area contributed by atoms with E-state index in [0.717, 1.165) is 37.4 Å². The van der Waals surface area contributed by atoms with Crippen molar-refractivity contribution in [2.24, 2.45) is 20.5 Å². The van der Waals surface area contributed by atoms with Gasteiger partial charge < -0.3 is 15.2 Å². The van der Waals surface area contributed by atoms with Crippen molar-refractivity contribution in [3.8, 4) is 11.5 Å². The number of anilines is 1. The van der Waals surface area contributed by atoms with E-state index in [4.69, 9.17) is 13.8 Å². The van der Waals surface area contributed by atoms with Crippen LogP contribution in [-0.4, -0.2) is 113 Å². The van der Waals surface area contributed by atoms with E-state index >= 15 is 0 Å². The predicted molar refractivity (Wildman–Crippen MR) is 202 cm³/mol. The van der Waals surface area contributed by atoms with Gasteiger partial charge in [0, 0.05) is 17.8 Å². The van der Waals surface area contributed by atoms with Crippen LogP contribution in [0.15, 0.2) is 94.6 Å². The molecule has 4 aromatic carbocycles. The summed E-state index contributed by atoms with van der Waals surface area (Å²) in [5.41, 5.74) is -2.52. The number of ether oxygens (including phenoxy) is 1. The van der Waals surface area contributed by atoms with Gasteiger partial charge in [-0.3, -0.25) is 18.2 Å². The Balaban J connectivity index is 1.89. The van der Waals surface area contributed by atoms with E-state index in [-0.39, 0.29) is 27.9 Å². The van der Waals surface area contributed by atoms with Gasteiger partial charge in [0.15, 0.2) is 25.4 Å². The van der Waals surface area contributed by atoms with Crippen LogP contribution in [-0.2, 0) is 69.1 Å². The van der Waals surface area contributed by atoms with E-state index in [9.17, 15) is 64.7 Å². The van der Waals surface area contributed by atoms with Gasteiger partial charge in [-0.05, 0) is 54.6 Å². The molecule has 59 heavy (non-hydrogen) atoms. The van der Waals surface area contributed by atoms with E-state index < -0.39 is 128 Å².